The van der Waals surface area contributed by atoms with Crippen molar-refractivity contribution in [2.45, 2.75) is 16.6 Å². The molecule has 1 saturated heterocycles. The summed E-state index contributed by atoms with van der Waals surface area (Å²) in [6, 6.07) is 3.66. The topological polar surface area (TPSA) is 42.0 Å². The summed E-state index contributed by atoms with van der Waals surface area (Å²) in [4.78, 5) is 4.80. The van der Waals surface area contributed by atoms with Crippen LogP contribution in [0, 0.1) is 0 Å². The highest BCUT2D eigenvalue weighted by Gasteiger charge is 2.21. The summed E-state index contributed by atoms with van der Waals surface area (Å²) in [5.41, 5.74) is 0. The van der Waals surface area contributed by atoms with Crippen LogP contribution in [0.2, 0.25) is 0 Å². The van der Waals surface area contributed by atoms with Crippen LogP contribution >= 0.6 is 0 Å². The lowest BCUT2D eigenvalue weighted by atomic mass is 10.4. The molecule has 0 aliphatic carbocycles. The summed E-state index contributed by atoms with van der Waals surface area (Å²) >= 11 is 0. The molecule has 0 radical (unpaired) electrons. The molecule has 70 valence electrons. The van der Waals surface area contributed by atoms with Crippen molar-refractivity contribution in [3.05, 3.63) is 24.5 Å². The highest BCUT2D eigenvalue weighted by atomic mass is 32.2. The van der Waals surface area contributed by atoms with Crippen molar-refractivity contribution in [3.63, 3.8) is 0 Å². The normalized spacial score (nSPS) is 24.5. The maximum Gasteiger partial charge on any atom is 0.0575 e. The third kappa shape index (κ3) is 1.95. The van der Waals surface area contributed by atoms with E-state index in [2.05, 4.69) is 10.3 Å². The van der Waals surface area contributed by atoms with Gasteiger partial charge in [-0.1, -0.05) is 0 Å². The monoisotopic (exact) mass is 196 g/mol. The number of hydrogen-bond donors (Lipinski definition) is 1. The van der Waals surface area contributed by atoms with Crippen LogP contribution in [0.25, 0.3) is 0 Å². The van der Waals surface area contributed by atoms with Gasteiger partial charge >= 0.3 is 0 Å². The van der Waals surface area contributed by atoms with Gasteiger partial charge in [-0.2, -0.15) is 0 Å². The standard InChI is InChI=1S/C9H12N2OS/c12-13(9-3-6-11-7-9)8-1-4-10-5-2-8/h1-2,4-5,9,11H,3,6-7H2/t9-,13?/m1/s1. The fourth-order valence-corrected chi connectivity index (χ4v) is 2.85. The van der Waals surface area contributed by atoms with E-state index in [1.807, 2.05) is 12.1 Å². The lowest BCUT2D eigenvalue weighted by Crippen LogP contribution is -2.18. The summed E-state index contributed by atoms with van der Waals surface area (Å²) in [6.07, 6.45) is 4.39. The number of nitrogens with one attached hydrogen (secondary N) is 1. The second-order valence-electron chi connectivity index (χ2n) is 3.10. The van der Waals surface area contributed by atoms with E-state index in [1.165, 1.54) is 0 Å². The third-order valence-electron chi connectivity index (χ3n) is 2.20. The first kappa shape index (κ1) is 8.84. The van der Waals surface area contributed by atoms with E-state index in [0.29, 0.717) is 0 Å². The van der Waals surface area contributed by atoms with E-state index in [4.69, 9.17) is 0 Å². The average molecular weight is 196 g/mol. The molecule has 13 heavy (non-hydrogen) atoms. The largest absolute Gasteiger partial charge is 0.315 e. The van der Waals surface area contributed by atoms with Crippen molar-refractivity contribution < 1.29 is 4.21 Å². The van der Waals surface area contributed by atoms with Gasteiger partial charge in [-0.25, -0.2) is 0 Å². The number of hydrogen-bond acceptors (Lipinski definition) is 3. The Labute approximate surface area is 80.0 Å². The van der Waals surface area contributed by atoms with Gasteiger partial charge in [0, 0.05) is 23.8 Å². The smallest absolute Gasteiger partial charge is 0.0575 e. The Kier molecular flexibility index (Phi) is 2.71. The van der Waals surface area contributed by atoms with Crippen LogP contribution in [-0.4, -0.2) is 27.5 Å². The lowest BCUT2D eigenvalue weighted by molar-refractivity contribution is 0.672. The van der Waals surface area contributed by atoms with Gasteiger partial charge in [0.1, 0.15) is 0 Å². The maximum atomic E-state index is 11.9. The van der Waals surface area contributed by atoms with Gasteiger partial charge in [0.05, 0.1) is 16.0 Å². The van der Waals surface area contributed by atoms with Crippen LogP contribution < -0.4 is 5.32 Å². The van der Waals surface area contributed by atoms with Crippen molar-refractivity contribution in [2.24, 2.45) is 0 Å². The SMILES string of the molecule is O=S(c1ccncc1)[C@@H]1CCNC1. The minimum Gasteiger partial charge on any atom is -0.315 e. The fourth-order valence-electron chi connectivity index (χ4n) is 1.48. The molecule has 3 nitrogen and oxygen atoms in total. The van der Waals surface area contributed by atoms with E-state index < -0.39 is 10.8 Å². The quantitative estimate of drug-likeness (QED) is 0.751. The Hall–Kier alpha value is -0.740. The van der Waals surface area contributed by atoms with Crippen LogP contribution in [0.3, 0.4) is 0 Å². The van der Waals surface area contributed by atoms with Gasteiger partial charge in [0.15, 0.2) is 0 Å². The highest BCUT2D eigenvalue weighted by Crippen LogP contribution is 2.14. The molecule has 0 saturated carbocycles. The minimum absolute atomic E-state index is 0.280. The molecule has 0 aromatic carbocycles. The molecular formula is C9H12N2OS. The van der Waals surface area contributed by atoms with Crippen LogP contribution in [0.15, 0.2) is 29.4 Å². The summed E-state index contributed by atoms with van der Waals surface area (Å²) in [7, 11) is -0.861. The summed E-state index contributed by atoms with van der Waals surface area (Å²) in [5, 5.41) is 3.49. The molecule has 1 unspecified atom stereocenters. The van der Waals surface area contributed by atoms with Crippen molar-refractivity contribution >= 4 is 10.8 Å². The first-order chi connectivity index (χ1) is 6.38. The molecule has 2 atom stereocenters. The zero-order valence-electron chi connectivity index (χ0n) is 7.27. The number of rotatable bonds is 2. The van der Waals surface area contributed by atoms with Crippen molar-refractivity contribution in [3.8, 4) is 0 Å². The van der Waals surface area contributed by atoms with Gasteiger partial charge in [-0.05, 0) is 25.1 Å². The van der Waals surface area contributed by atoms with Gasteiger partial charge in [-0.3, -0.25) is 9.19 Å². The van der Waals surface area contributed by atoms with E-state index in [1.54, 1.807) is 12.4 Å². The lowest BCUT2D eigenvalue weighted by Gasteiger charge is -2.07. The van der Waals surface area contributed by atoms with Crippen LogP contribution in [0.4, 0.5) is 0 Å². The molecular weight excluding hydrogens is 184 g/mol. The third-order valence-corrected chi connectivity index (χ3v) is 3.94. The second kappa shape index (κ2) is 3.98. The Morgan fingerprint density at radius 1 is 1.46 bits per heavy atom. The molecule has 1 aliphatic rings. The molecule has 0 bridgehead atoms. The highest BCUT2D eigenvalue weighted by molar-refractivity contribution is 7.85. The van der Waals surface area contributed by atoms with E-state index >= 15 is 0 Å². The molecule has 1 aromatic heterocycles. The molecule has 2 heterocycles. The molecule has 1 fully saturated rings. The molecule has 4 heteroatoms. The fraction of sp³-hybridized carbons (Fsp3) is 0.444. The van der Waals surface area contributed by atoms with Gasteiger partial charge < -0.3 is 5.32 Å². The van der Waals surface area contributed by atoms with Crippen molar-refractivity contribution in [2.75, 3.05) is 13.1 Å². The molecule has 1 N–H and O–H groups in total. The number of aromatic nitrogens is 1. The number of pyridine rings is 1. The van der Waals surface area contributed by atoms with Crippen LogP contribution in [0.5, 0.6) is 0 Å². The predicted octanol–water partition coefficient (Wildman–Crippen LogP) is 0.551. The Balaban J connectivity index is 2.13. The van der Waals surface area contributed by atoms with Crippen molar-refractivity contribution in [1.29, 1.82) is 0 Å². The second-order valence-corrected chi connectivity index (χ2v) is 4.83. The first-order valence-corrected chi connectivity index (χ1v) is 5.60. The molecule has 0 spiro atoms. The van der Waals surface area contributed by atoms with Crippen molar-refractivity contribution in [1.82, 2.24) is 10.3 Å². The van der Waals surface area contributed by atoms with E-state index in [-0.39, 0.29) is 5.25 Å². The Morgan fingerprint density at radius 2 is 2.23 bits per heavy atom. The molecule has 0 amide bonds. The zero-order valence-corrected chi connectivity index (χ0v) is 8.09. The summed E-state index contributed by atoms with van der Waals surface area (Å²) in [6.45, 7) is 1.86. The van der Waals surface area contributed by atoms with Crippen LogP contribution in [-0.2, 0) is 10.8 Å². The predicted molar refractivity (Wildman–Crippen MR) is 51.9 cm³/mol. The Morgan fingerprint density at radius 3 is 2.85 bits per heavy atom. The Bertz CT molecular complexity index is 296. The van der Waals surface area contributed by atoms with Crippen LogP contribution in [0.1, 0.15) is 6.42 Å². The summed E-state index contributed by atoms with van der Waals surface area (Å²) < 4.78 is 11.9. The average Bonchev–Trinajstić information content (AvgIpc) is 2.71. The summed E-state index contributed by atoms with van der Waals surface area (Å²) in [5.74, 6) is 0. The first-order valence-electron chi connectivity index (χ1n) is 4.39. The van der Waals surface area contributed by atoms with E-state index in [9.17, 15) is 4.21 Å². The molecule has 1 aromatic rings. The maximum absolute atomic E-state index is 11.9. The van der Waals surface area contributed by atoms with E-state index in [0.717, 1.165) is 24.4 Å². The van der Waals surface area contributed by atoms with Gasteiger partial charge in [-0.15, -0.1) is 0 Å². The number of nitrogens with zero attached hydrogens (tertiary/aromatic N) is 1. The minimum atomic E-state index is -0.861. The van der Waals surface area contributed by atoms with Gasteiger partial charge in [0.2, 0.25) is 0 Å². The zero-order chi connectivity index (χ0) is 9.10. The molecule has 1 aliphatic heterocycles. The molecule has 2 rings (SSSR count). The van der Waals surface area contributed by atoms with Gasteiger partial charge in [0.25, 0.3) is 0 Å².